The largest absolute Gasteiger partial charge is 0.300 e. The zero-order chi connectivity index (χ0) is 18.7. The van der Waals surface area contributed by atoms with E-state index < -0.39 is 0 Å². The molecule has 26 heavy (non-hydrogen) atoms. The zero-order valence-electron chi connectivity index (χ0n) is 14.7. The summed E-state index contributed by atoms with van der Waals surface area (Å²) in [6.07, 6.45) is 0.785. The average molecular weight is 384 g/mol. The lowest BCUT2D eigenvalue weighted by Crippen LogP contribution is -2.14. The molecule has 2 aromatic heterocycles. The predicted molar refractivity (Wildman–Crippen MR) is 105 cm³/mol. The van der Waals surface area contributed by atoms with E-state index >= 15 is 0 Å². The SMILES string of the molecule is CCc1nnc(NC(=O)CSc2nc3c(C)cc(C)cc3cc2C#N)s1. The molecule has 0 spiro atoms. The van der Waals surface area contributed by atoms with Gasteiger partial charge in [-0.2, -0.15) is 5.26 Å². The van der Waals surface area contributed by atoms with Gasteiger partial charge < -0.3 is 0 Å². The number of thioether (sulfide) groups is 1. The van der Waals surface area contributed by atoms with E-state index in [0.29, 0.717) is 15.7 Å². The van der Waals surface area contributed by atoms with E-state index in [1.54, 1.807) is 0 Å². The fourth-order valence-electron chi connectivity index (χ4n) is 2.56. The molecule has 1 aromatic carbocycles. The highest BCUT2D eigenvalue weighted by Gasteiger charge is 2.13. The van der Waals surface area contributed by atoms with Gasteiger partial charge in [-0.1, -0.05) is 41.7 Å². The van der Waals surface area contributed by atoms with Gasteiger partial charge in [0.1, 0.15) is 16.1 Å². The van der Waals surface area contributed by atoms with Crippen molar-refractivity contribution in [1.82, 2.24) is 15.2 Å². The van der Waals surface area contributed by atoms with Crippen LogP contribution in [-0.4, -0.2) is 26.8 Å². The molecule has 1 N–H and O–H groups in total. The van der Waals surface area contributed by atoms with Gasteiger partial charge in [0.15, 0.2) is 0 Å². The summed E-state index contributed by atoms with van der Waals surface area (Å²) in [5.74, 6) is -0.0423. The molecule has 0 aliphatic carbocycles. The van der Waals surface area contributed by atoms with Crippen LogP contribution in [0.1, 0.15) is 28.6 Å². The molecule has 3 aromatic rings. The summed E-state index contributed by atoms with van der Waals surface area (Å²) in [6.45, 7) is 6.00. The molecule has 0 aliphatic heterocycles. The predicted octanol–water partition coefficient (Wildman–Crippen LogP) is 3.87. The molecule has 0 fully saturated rings. The molecule has 0 aliphatic rings. The molecule has 6 nitrogen and oxygen atoms in total. The van der Waals surface area contributed by atoms with Gasteiger partial charge >= 0.3 is 0 Å². The molecule has 0 bridgehead atoms. The number of hydrogen-bond acceptors (Lipinski definition) is 7. The van der Waals surface area contributed by atoms with Crippen molar-refractivity contribution in [2.75, 3.05) is 11.1 Å². The maximum Gasteiger partial charge on any atom is 0.236 e. The number of aryl methyl sites for hydroxylation is 3. The van der Waals surface area contributed by atoms with Gasteiger partial charge in [-0.05, 0) is 38.0 Å². The smallest absolute Gasteiger partial charge is 0.236 e. The first-order chi connectivity index (χ1) is 12.5. The van der Waals surface area contributed by atoms with Crippen molar-refractivity contribution in [2.24, 2.45) is 0 Å². The maximum absolute atomic E-state index is 12.2. The van der Waals surface area contributed by atoms with Crippen LogP contribution >= 0.6 is 23.1 Å². The van der Waals surface area contributed by atoms with E-state index in [0.717, 1.165) is 33.5 Å². The highest BCUT2D eigenvalue weighted by atomic mass is 32.2. The van der Waals surface area contributed by atoms with Crippen molar-refractivity contribution in [2.45, 2.75) is 32.2 Å². The van der Waals surface area contributed by atoms with E-state index in [2.05, 4.69) is 32.6 Å². The Balaban J connectivity index is 1.77. The third-order valence-corrected chi connectivity index (χ3v) is 5.67. The van der Waals surface area contributed by atoms with Crippen molar-refractivity contribution in [3.8, 4) is 6.07 Å². The van der Waals surface area contributed by atoms with Gasteiger partial charge in [0.25, 0.3) is 0 Å². The van der Waals surface area contributed by atoms with Gasteiger partial charge in [-0.15, -0.1) is 10.2 Å². The van der Waals surface area contributed by atoms with Gasteiger partial charge in [-0.25, -0.2) is 4.98 Å². The van der Waals surface area contributed by atoms with Crippen LogP contribution in [0.2, 0.25) is 0 Å². The first-order valence-corrected chi connectivity index (χ1v) is 9.87. The molecule has 0 saturated heterocycles. The summed E-state index contributed by atoms with van der Waals surface area (Å²) >= 11 is 2.61. The van der Waals surface area contributed by atoms with Gasteiger partial charge in [0, 0.05) is 5.39 Å². The monoisotopic (exact) mass is 383 g/mol. The molecule has 8 heteroatoms. The number of carbonyl (C=O) groups excluding carboxylic acids is 1. The zero-order valence-corrected chi connectivity index (χ0v) is 16.3. The molecular weight excluding hydrogens is 366 g/mol. The normalized spacial score (nSPS) is 10.7. The number of fused-ring (bicyclic) bond motifs is 1. The molecule has 0 radical (unpaired) electrons. The first kappa shape index (κ1) is 18.3. The minimum atomic E-state index is -0.194. The summed E-state index contributed by atoms with van der Waals surface area (Å²) in [7, 11) is 0. The molecule has 3 rings (SSSR count). The second-order valence-electron chi connectivity index (χ2n) is 5.80. The number of pyridine rings is 1. The number of hydrogen-bond donors (Lipinski definition) is 1. The second kappa shape index (κ2) is 7.81. The topological polar surface area (TPSA) is 91.6 Å². The maximum atomic E-state index is 12.2. The van der Waals surface area contributed by atoms with Crippen molar-refractivity contribution >= 4 is 45.0 Å². The minimum absolute atomic E-state index is 0.152. The molecule has 132 valence electrons. The first-order valence-electron chi connectivity index (χ1n) is 8.07. The number of benzene rings is 1. The second-order valence-corrected chi connectivity index (χ2v) is 7.82. The number of amides is 1. The Hall–Kier alpha value is -2.50. The Morgan fingerprint density at radius 3 is 2.81 bits per heavy atom. The average Bonchev–Trinajstić information content (AvgIpc) is 3.06. The minimum Gasteiger partial charge on any atom is -0.300 e. The Morgan fingerprint density at radius 2 is 2.12 bits per heavy atom. The highest BCUT2D eigenvalue weighted by Crippen LogP contribution is 2.27. The number of anilines is 1. The van der Waals surface area contributed by atoms with Crippen LogP contribution in [0.15, 0.2) is 23.2 Å². The number of carbonyl (C=O) groups is 1. The Morgan fingerprint density at radius 1 is 1.31 bits per heavy atom. The van der Waals surface area contributed by atoms with Crippen LogP contribution in [0.25, 0.3) is 10.9 Å². The van der Waals surface area contributed by atoms with Crippen molar-refractivity contribution in [3.63, 3.8) is 0 Å². The lowest BCUT2D eigenvalue weighted by atomic mass is 10.1. The molecule has 0 unspecified atom stereocenters. The van der Waals surface area contributed by atoms with E-state index in [1.165, 1.54) is 23.1 Å². The lowest BCUT2D eigenvalue weighted by Gasteiger charge is -2.08. The van der Waals surface area contributed by atoms with Crippen molar-refractivity contribution in [3.05, 3.63) is 39.9 Å². The third kappa shape index (κ3) is 4.00. The number of rotatable bonds is 5. The quantitative estimate of drug-likeness (QED) is 0.673. The molecule has 0 saturated carbocycles. The number of aromatic nitrogens is 3. The van der Waals surface area contributed by atoms with E-state index in [-0.39, 0.29) is 11.7 Å². The summed E-state index contributed by atoms with van der Waals surface area (Å²) < 4.78 is 0. The van der Waals surface area contributed by atoms with Crippen molar-refractivity contribution in [1.29, 1.82) is 5.26 Å². The fraction of sp³-hybridized carbons (Fsp3) is 0.278. The Kier molecular flexibility index (Phi) is 5.49. The van der Waals surface area contributed by atoms with Crippen LogP contribution in [0, 0.1) is 25.2 Å². The van der Waals surface area contributed by atoms with Crippen LogP contribution in [0.5, 0.6) is 0 Å². The lowest BCUT2D eigenvalue weighted by molar-refractivity contribution is -0.113. The van der Waals surface area contributed by atoms with Gasteiger partial charge in [0.05, 0.1) is 16.8 Å². The number of nitrogens with one attached hydrogen (secondary N) is 1. The van der Waals surface area contributed by atoms with Crippen LogP contribution in [-0.2, 0) is 11.2 Å². The summed E-state index contributed by atoms with van der Waals surface area (Å²) in [5.41, 5.74) is 3.51. The van der Waals surface area contributed by atoms with Crippen LogP contribution < -0.4 is 5.32 Å². The fourth-order valence-corrected chi connectivity index (χ4v) is 4.01. The highest BCUT2D eigenvalue weighted by molar-refractivity contribution is 8.00. The van der Waals surface area contributed by atoms with Crippen LogP contribution in [0.3, 0.4) is 0 Å². The molecule has 2 heterocycles. The van der Waals surface area contributed by atoms with E-state index in [9.17, 15) is 10.1 Å². The van der Waals surface area contributed by atoms with E-state index in [4.69, 9.17) is 0 Å². The summed E-state index contributed by atoms with van der Waals surface area (Å²) in [4.78, 5) is 16.8. The summed E-state index contributed by atoms with van der Waals surface area (Å²) in [6, 6.07) is 8.08. The Bertz CT molecular complexity index is 1020. The number of nitriles is 1. The third-order valence-electron chi connectivity index (χ3n) is 3.69. The Labute approximate surface area is 159 Å². The van der Waals surface area contributed by atoms with E-state index in [1.807, 2.05) is 32.9 Å². The van der Waals surface area contributed by atoms with Crippen molar-refractivity contribution < 1.29 is 4.79 Å². The molecule has 0 atom stereocenters. The van der Waals surface area contributed by atoms with Gasteiger partial charge in [-0.3, -0.25) is 10.1 Å². The number of nitrogens with zero attached hydrogens (tertiary/aromatic N) is 4. The van der Waals surface area contributed by atoms with Crippen LogP contribution in [0.4, 0.5) is 5.13 Å². The molecule has 1 amide bonds. The summed E-state index contributed by atoms with van der Waals surface area (Å²) in [5, 5.41) is 22.9. The molecular formula is C18H17N5OS2. The van der Waals surface area contributed by atoms with Gasteiger partial charge in [0.2, 0.25) is 11.0 Å². The standard InChI is InChI=1S/C18H17N5OS2/c1-4-15-22-23-18(26-15)20-14(24)9-25-17-13(8-19)7-12-6-10(2)5-11(3)16(12)21-17/h5-7H,4,9H2,1-3H3,(H,20,23,24).